The van der Waals surface area contributed by atoms with Gasteiger partial charge in [0, 0.05) is 6.04 Å². The summed E-state index contributed by atoms with van der Waals surface area (Å²) in [5.74, 6) is -0.341. The number of nitrogens with one attached hydrogen (secondary N) is 1. The van der Waals surface area contributed by atoms with E-state index in [0.717, 1.165) is 31.4 Å². The van der Waals surface area contributed by atoms with Gasteiger partial charge in [0.15, 0.2) is 0 Å². The molecular weight excluding hydrogens is 225 g/mol. The Morgan fingerprint density at radius 3 is 2.81 bits per heavy atom. The minimum absolute atomic E-state index is 0.220. The first-order valence-corrected chi connectivity index (χ1v) is 6.18. The lowest BCUT2D eigenvalue weighted by Gasteiger charge is -2.11. The van der Waals surface area contributed by atoms with Crippen molar-refractivity contribution in [3.8, 4) is 0 Å². The fraction of sp³-hybridized carbons (Fsp3) is 0.538. The van der Waals surface area contributed by atoms with Crippen molar-refractivity contribution < 1.29 is 4.39 Å². The van der Waals surface area contributed by atoms with E-state index in [1.807, 2.05) is 0 Å². The molecule has 1 rings (SSSR count). The van der Waals surface area contributed by atoms with Gasteiger partial charge in [0.05, 0.1) is 5.02 Å². The Morgan fingerprint density at radius 2 is 2.19 bits per heavy atom. The number of hydrogen-bond acceptors (Lipinski definition) is 1. The second-order valence-electron chi connectivity index (χ2n) is 4.10. The summed E-state index contributed by atoms with van der Waals surface area (Å²) in [5.41, 5.74) is 1.11. The van der Waals surface area contributed by atoms with E-state index < -0.39 is 0 Å². The largest absolute Gasteiger partial charge is 0.315 e. The summed E-state index contributed by atoms with van der Waals surface area (Å²) >= 11 is 5.72. The van der Waals surface area contributed by atoms with Crippen LogP contribution in [-0.4, -0.2) is 12.6 Å². The molecular formula is C13H19ClFN. The maximum atomic E-state index is 12.9. The molecule has 0 bridgehead atoms. The third-order valence-corrected chi connectivity index (χ3v) is 2.93. The minimum atomic E-state index is -0.341. The zero-order valence-corrected chi connectivity index (χ0v) is 10.6. The molecule has 0 aromatic heterocycles. The molecule has 1 unspecified atom stereocenters. The van der Waals surface area contributed by atoms with Gasteiger partial charge in [-0.3, -0.25) is 0 Å². The van der Waals surface area contributed by atoms with E-state index in [9.17, 15) is 4.39 Å². The summed E-state index contributed by atoms with van der Waals surface area (Å²) in [4.78, 5) is 0. The predicted octanol–water partition coefficient (Wildman–Crippen LogP) is 3.80. The molecule has 0 amide bonds. The molecule has 90 valence electrons. The molecule has 1 nitrogen and oxygen atoms in total. The normalized spacial score (nSPS) is 12.8. The molecule has 0 radical (unpaired) electrons. The molecule has 1 aromatic carbocycles. The Bertz CT molecular complexity index is 328. The third kappa shape index (κ3) is 4.50. The van der Waals surface area contributed by atoms with Crippen LogP contribution in [0, 0.1) is 5.82 Å². The van der Waals surface area contributed by atoms with Crippen LogP contribution in [0.5, 0.6) is 0 Å². The van der Waals surface area contributed by atoms with Crippen molar-refractivity contribution in [2.45, 2.75) is 39.2 Å². The van der Waals surface area contributed by atoms with Crippen molar-refractivity contribution in [2.24, 2.45) is 0 Å². The van der Waals surface area contributed by atoms with E-state index in [2.05, 4.69) is 19.2 Å². The number of halogens is 2. The van der Waals surface area contributed by atoms with Crippen LogP contribution < -0.4 is 5.32 Å². The molecule has 16 heavy (non-hydrogen) atoms. The number of benzene rings is 1. The van der Waals surface area contributed by atoms with E-state index in [4.69, 9.17) is 11.6 Å². The molecule has 3 heteroatoms. The van der Waals surface area contributed by atoms with Gasteiger partial charge >= 0.3 is 0 Å². The highest BCUT2D eigenvalue weighted by atomic mass is 35.5. The second kappa shape index (κ2) is 6.87. The van der Waals surface area contributed by atoms with Crippen molar-refractivity contribution in [3.05, 3.63) is 34.6 Å². The molecule has 0 aliphatic carbocycles. The summed E-state index contributed by atoms with van der Waals surface area (Å²) in [6, 6.07) is 5.50. The van der Waals surface area contributed by atoms with Gasteiger partial charge in [-0.2, -0.15) is 0 Å². The van der Waals surface area contributed by atoms with Crippen LogP contribution in [0.3, 0.4) is 0 Å². The molecule has 0 heterocycles. The maximum Gasteiger partial charge on any atom is 0.141 e. The average Bonchev–Trinajstić information content (AvgIpc) is 2.24. The van der Waals surface area contributed by atoms with Crippen LogP contribution in [0.25, 0.3) is 0 Å². The van der Waals surface area contributed by atoms with E-state index in [-0.39, 0.29) is 10.8 Å². The Balaban J connectivity index is 2.34. The van der Waals surface area contributed by atoms with Crippen molar-refractivity contribution in [1.82, 2.24) is 5.32 Å². The Morgan fingerprint density at radius 1 is 1.44 bits per heavy atom. The first kappa shape index (κ1) is 13.5. The Hall–Kier alpha value is -0.600. The lowest BCUT2D eigenvalue weighted by atomic mass is 10.1. The molecule has 1 aromatic rings. The van der Waals surface area contributed by atoms with Crippen molar-refractivity contribution >= 4 is 11.6 Å². The zero-order chi connectivity index (χ0) is 12.0. The first-order valence-electron chi connectivity index (χ1n) is 5.80. The highest BCUT2D eigenvalue weighted by molar-refractivity contribution is 6.30. The predicted molar refractivity (Wildman–Crippen MR) is 67.5 cm³/mol. The van der Waals surface area contributed by atoms with Crippen molar-refractivity contribution in [3.63, 3.8) is 0 Å². The smallest absolute Gasteiger partial charge is 0.141 e. The van der Waals surface area contributed by atoms with E-state index >= 15 is 0 Å². The summed E-state index contributed by atoms with van der Waals surface area (Å²) in [7, 11) is 0. The zero-order valence-electron chi connectivity index (χ0n) is 9.89. The monoisotopic (exact) mass is 243 g/mol. The fourth-order valence-corrected chi connectivity index (χ4v) is 1.96. The highest BCUT2D eigenvalue weighted by Crippen LogP contribution is 2.17. The Kier molecular flexibility index (Phi) is 5.78. The topological polar surface area (TPSA) is 12.0 Å². The number of hydrogen-bond donors (Lipinski definition) is 1. The van der Waals surface area contributed by atoms with E-state index in [1.165, 1.54) is 6.07 Å². The van der Waals surface area contributed by atoms with Gasteiger partial charge in [-0.15, -0.1) is 0 Å². The third-order valence-electron chi connectivity index (χ3n) is 2.64. The van der Waals surface area contributed by atoms with Crippen LogP contribution in [0.15, 0.2) is 18.2 Å². The van der Waals surface area contributed by atoms with Crippen LogP contribution in [0.4, 0.5) is 4.39 Å². The average molecular weight is 244 g/mol. The van der Waals surface area contributed by atoms with Crippen LogP contribution in [-0.2, 0) is 6.42 Å². The van der Waals surface area contributed by atoms with E-state index in [1.54, 1.807) is 12.1 Å². The van der Waals surface area contributed by atoms with Gasteiger partial charge in [-0.05, 0) is 50.4 Å². The molecule has 0 aliphatic rings. The molecule has 1 atom stereocenters. The molecule has 0 spiro atoms. The molecule has 1 N–H and O–H groups in total. The van der Waals surface area contributed by atoms with E-state index in [0.29, 0.717) is 6.04 Å². The number of aryl methyl sites for hydroxylation is 1. The summed E-state index contributed by atoms with van der Waals surface area (Å²) in [5, 5.41) is 3.59. The highest BCUT2D eigenvalue weighted by Gasteiger charge is 2.03. The van der Waals surface area contributed by atoms with Crippen molar-refractivity contribution in [2.75, 3.05) is 6.54 Å². The first-order chi connectivity index (χ1) is 7.63. The van der Waals surface area contributed by atoms with Gasteiger partial charge in [0.25, 0.3) is 0 Å². The van der Waals surface area contributed by atoms with Gasteiger partial charge in [0.1, 0.15) is 5.82 Å². The second-order valence-corrected chi connectivity index (χ2v) is 4.51. The lowest BCUT2D eigenvalue weighted by Crippen LogP contribution is -2.25. The van der Waals surface area contributed by atoms with Gasteiger partial charge in [-0.25, -0.2) is 4.39 Å². The fourth-order valence-electron chi connectivity index (χ4n) is 1.76. The summed E-state index contributed by atoms with van der Waals surface area (Å²) < 4.78 is 12.9. The number of rotatable bonds is 6. The molecule has 0 aliphatic heterocycles. The quantitative estimate of drug-likeness (QED) is 0.802. The lowest BCUT2D eigenvalue weighted by molar-refractivity contribution is 0.512. The van der Waals surface area contributed by atoms with Crippen LogP contribution in [0.2, 0.25) is 5.02 Å². The maximum absolute atomic E-state index is 12.9. The van der Waals surface area contributed by atoms with Crippen molar-refractivity contribution in [1.29, 1.82) is 0 Å². The summed E-state index contributed by atoms with van der Waals surface area (Å²) in [6.07, 6.45) is 3.18. The summed E-state index contributed by atoms with van der Waals surface area (Å²) in [6.45, 7) is 5.29. The minimum Gasteiger partial charge on any atom is -0.315 e. The van der Waals surface area contributed by atoms with Gasteiger partial charge < -0.3 is 5.32 Å². The standard InChI is InChI=1S/C13H19ClFN/c1-3-16-10(2)5-4-6-11-7-8-13(15)12(14)9-11/h7-10,16H,3-6H2,1-2H3. The van der Waals surface area contributed by atoms with Gasteiger partial charge in [-0.1, -0.05) is 24.6 Å². The SMILES string of the molecule is CCNC(C)CCCc1ccc(F)c(Cl)c1. The van der Waals surface area contributed by atoms with Crippen LogP contribution >= 0.6 is 11.6 Å². The van der Waals surface area contributed by atoms with Gasteiger partial charge in [0.2, 0.25) is 0 Å². The molecule has 0 saturated heterocycles. The Labute approximate surface area is 102 Å². The molecule has 0 saturated carbocycles. The molecule has 0 fully saturated rings. The van der Waals surface area contributed by atoms with Crippen LogP contribution in [0.1, 0.15) is 32.3 Å².